The van der Waals surface area contributed by atoms with Gasteiger partial charge in [0.15, 0.2) is 0 Å². The van der Waals surface area contributed by atoms with Gasteiger partial charge in [0.2, 0.25) is 11.8 Å². The number of hydrogen-bond donors (Lipinski definition) is 1. The van der Waals surface area contributed by atoms with E-state index in [0.717, 1.165) is 6.08 Å². The fourth-order valence-electron chi connectivity index (χ4n) is 2.17. The van der Waals surface area contributed by atoms with E-state index in [4.69, 9.17) is 4.42 Å². The number of nitrogens with zero attached hydrogens (tertiary/aromatic N) is 1. The molecule has 0 atom stereocenters. The Bertz CT molecular complexity index is 766. The zero-order valence-electron chi connectivity index (χ0n) is 13.9. The minimum absolute atomic E-state index is 0.218. The maximum atomic E-state index is 12.7. The Balaban J connectivity index is 2.07. The summed E-state index contributed by atoms with van der Waals surface area (Å²) in [5.41, 5.74) is 1.19. The molecule has 2 aromatic rings. The Morgan fingerprint density at radius 2 is 1.88 bits per heavy atom. The Labute approximate surface area is 148 Å². The zero-order valence-corrected chi connectivity index (χ0v) is 13.9. The molecule has 1 aromatic heterocycles. The average Bonchev–Trinajstić information content (AvgIpc) is 3.04. The highest BCUT2D eigenvalue weighted by Gasteiger charge is 2.32. The largest absolute Gasteiger partial charge is 0.467 e. The van der Waals surface area contributed by atoms with Crippen molar-refractivity contribution in [3.05, 3.63) is 60.1 Å². The lowest BCUT2D eigenvalue weighted by atomic mass is 10.2. The minimum Gasteiger partial charge on any atom is -0.467 e. The van der Waals surface area contributed by atoms with Crippen LogP contribution in [0.2, 0.25) is 0 Å². The molecule has 2 rings (SSSR count). The summed E-state index contributed by atoms with van der Waals surface area (Å²) in [6.07, 6.45) is -0.707. The summed E-state index contributed by atoms with van der Waals surface area (Å²) >= 11 is 0. The van der Waals surface area contributed by atoms with Crippen LogP contribution in [0.25, 0.3) is 6.08 Å². The van der Waals surface area contributed by atoms with Gasteiger partial charge in [-0.3, -0.25) is 9.59 Å². The standard InChI is InChI=1S/C18H17F3N2O3/c1-13(24)22-15-7-4-14(5-8-15)6-9-17(25)23(12-18(19,20)21)11-16-3-2-10-26-16/h2-10H,11-12H2,1H3,(H,22,24)/b9-6+. The Morgan fingerprint density at radius 1 is 1.19 bits per heavy atom. The Kier molecular flexibility index (Phi) is 6.21. The first kappa shape index (κ1) is 19.3. The van der Waals surface area contributed by atoms with E-state index in [-0.39, 0.29) is 18.2 Å². The highest BCUT2D eigenvalue weighted by Crippen LogP contribution is 2.19. The molecule has 0 aliphatic rings. The molecule has 0 radical (unpaired) electrons. The lowest BCUT2D eigenvalue weighted by molar-refractivity contribution is -0.159. The van der Waals surface area contributed by atoms with E-state index in [1.165, 1.54) is 31.4 Å². The third kappa shape index (κ3) is 6.46. The van der Waals surface area contributed by atoms with Crippen molar-refractivity contribution in [3.63, 3.8) is 0 Å². The number of furan rings is 1. The highest BCUT2D eigenvalue weighted by atomic mass is 19.4. The van der Waals surface area contributed by atoms with Crippen molar-refractivity contribution >= 4 is 23.6 Å². The van der Waals surface area contributed by atoms with E-state index in [9.17, 15) is 22.8 Å². The molecule has 1 heterocycles. The van der Waals surface area contributed by atoms with Gasteiger partial charge in [-0.05, 0) is 35.9 Å². The van der Waals surface area contributed by atoms with E-state index >= 15 is 0 Å². The molecule has 2 amide bonds. The minimum atomic E-state index is -4.52. The van der Waals surface area contributed by atoms with Gasteiger partial charge in [-0.25, -0.2) is 0 Å². The van der Waals surface area contributed by atoms with Crippen LogP contribution in [0, 0.1) is 0 Å². The summed E-state index contributed by atoms with van der Waals surface area (Å²) in [4.78, 5) is 23.8. The van der Waals surface area contributed by atoms with Crippen molar-refractivity contribution in [2.45, 2.75) is 19.6 Å². The van der Waals surface area contributed by atoms with E-state index in [1.807, 2.05) is 0 Å². The van der Waals surface area contributed by atoms with E-state index < -0.39 is 18.6 Å². The van der Waals surface area contributed by atoms with Crippen LogP contribution >= 0.6 is 0 Å². The van der Waals surface area contributed by atoms with Gasteiger partial charge < -0.3 is 14.6 Å². The van der Waals surface area contributed by atoms with Crippen molar-refractivity contribution < 1.29 is 27.2 Å². The maximum absolute atomic E-state index is 12.7. The molecule has 26 heavy (non-hydrogen) atoms. The molecule has 1 N–H and O–H groups in total. The normalized spacial score (nSPS) is 11.5. The second kappa shape index (κ2) is 8.37. The molecule has 0 aliphatic heterocycles. The fraction of sp³-hybridized carbons (Fsp3) is 0.222. The SMILES string of the molecule is CC(=O)Nc1ccc(/C=C/C(=O)N(Cc2ccco2)CC(F)(F)F)cc1. The second-order valence-electron chi connectivity index (χ2n) is 5.53. The quantitative estimate of drug-likeness (QED) is 0.790. The van der Waals surface area contributed by atoms with Crippen molar-refractivity contribution in [3.8, 4) is 0 Å². The third-order valence-electron chi connectivity index (χ3n) is 3.26. The Hall–Kier alpha value is -3.03. The molecular weight excluding hydrogens is 349 g/mol. The summed E-state index contributed by atoms with van der Waals surface area (Å²) in [6, 6.07) is 9.56. The first-order valence-corrected chi connectivity index (χ1v) is 7.67. The summed E-state index contributed by atoms with van der Waals surface area (Å²) in [5, 5.41) is 2.59. The van der Waals surface area contributed by atoms with Gasteiger partial charge in [0.25, 0.3) is 0 Å². The summed E-state index contributed by atoms with van der Waals surface area (Å²) < 4.78 is 43.2. The average molecular weight is 366 g/mol. The van der Waals surface area contributed by atoms with Gasteiger partial charge in [-0.15, -0.1) is 0 Å². The smallest absolute Gasteiger partial charge is 0.406 e. The first-order chi connectivity index (χ1) is 12.2. The van der Waals surface area contributed by atoms with Gasteiger partial charge in [-0.1, -0.05) is 12.1 Å². The molecule has 1 aromatic carbocycles. The van der Waals surface area contributed by atoms with Gasteiger partial charge in [-0.2, -0.15) is 13.2 Å². The number of benzene rings is 1. The van der Waals surface area contributed by atoms with Crippen LogP contribution in [0.1, 0.15) is 18.2 Å². The predicted octanol–water partition coefficient (Wildman–Crippen LogP) is 3.84. The van der Waals surface area contributed by atoms with Crippen LogP contribution in [-0.4, -0.2) is 29.4 Å². The molecule has 0 aliphatic carbocycles. The maximum Gasteiger partial charge on any atom is 0.406 e. The molecule has 0 unspecified atom stereocenters. The number of rotatable bonds is 6. The third-order valence-corrected chi connectivity index (χ3v) is 3.26. The number of amides is 2. The van der Waals surface area contributed by atoms with E-state index in [2.05, 4.69) is 5.32 Å². The summed E-state index contributed by atoms with van der Waals surface area (Å²) in [5.74, 6) is -0.746. The number of carbonyl (C=O) groups is 2. The molecule has 0 saturated carbocycles. The van der Waals surface area contributed by atoms with Crippen molar-refractivity contribution in [2.75, 3.05) is 11.9 Å². The monoisotopic (exact) mass is 366 g/mol. The molecule has 138 valence electrons. The first-order valence-electron chi connectivity index (χ1n) is 7.67. The molecule has 0 saturated heterocycles. The van der Waals surface area contributed by atoms with Crippen LogP contribution in [0.15, 0.2) is 53.2 Å². The number of nitrogens with one attached hydrogen (secondary N) is 1. The van der Waals surface area contributed by atoms with Crippen molar-refractivity contribution in [2.24, 2.45) is 0 Å². The number of halogens is 3. The fourth-order valence-corrected chi connectivity index (χ4v) is 2.17. The molecule has 0 spiro atoms. The number of anilines is 1. The lowest BCUT2D eigenvalue weighted by Gasteiger charge is -2.21. The van der Waals surface area contributed by atoms with Crippen LogP contribution < -0.4 is 5.32 Å². The van der Waals surface area contributed by atoms with Crippen molar-refractivity contribution in [1.82, 2.24) is 4.90 Å². The van der Waals surface area contributed by atoms with Crippen LogP contribution in [-0.2, 0) is 16.1 Å². The molecule has 0 bridgehead atoms. The second-order valence-corrected chi connectivity index (χ2v) is 5.53. The van der Waals surface area contributed by atoms with Crippen LogP contribution in [0.5, 0.6) is 0 Å². The van der Waals surface area contributed by atoms with Gasteiger partial charge in [0.05, 0.1) is 12.8 Å². The number of carbonyl (C=O) groups excluding carboxylic acids is 2. The molecule has 0 fully saturated rings. The number of hydrogen-bond acceptors (Lipinski definition) is 3. The predicted molar refractivity (Wildman–Crippen MR) is 90.0 cm³/mol. The van der Waals surface area contributed by atoms with Crippen LogP contribution in [0.3, 0.4) is 0 Å². The van der Waals surface area contributed by atoms with Gasteiger partial charge in [0, 0.05) is 18.7 Å². The van der Waals surface area contributed by atoms with Crippen molar-refractivity contribution in [1.29, 1.82) is 0 Å². The Morgan fingerprint density at radius 3 is 2.42 bits per heavy atom. The molecular formula is C18H17F3N2O3. The van der Waals surface area contributed by atoms with Gasteiger partial charge >= 0.3 is 6.18 Å². The van der Waals surface area contributed by atoms with E-state index in [1.54, 1.807) is 24.3 Å². The lowest BCUT2D eigenvalue weighted by Crippen LogP contribution is -2.37. The molecule has 5 nitrogen and oxygen atoms in total. The summed E-state index contributed by atoms with van der Waals surface area (Å²) in [7, 11) is 0. The van der Waals surface area contributed by atoms with Crippen LogP contribution in [0.4, 0.5) is 18.9 Å². The van der Waals surface area contributed by atoms with E-state index in [0.29, 0.717) is 16.2 Å². The topological polar surface area (TPSA) is 62.6 Å². The van der Waals surface area contributed by atoms with Gasteiger partial charge in [0.1, 0.15) is 12.3 Å². The number of alkyl halides is 3. The highest BCUT2D eigenvalue weighted by molar-refractivity contribution is 5.92. The zero-order chi connectivity index (χ0) is 19.2. The molecule has 8 heteroatoms. The summed E-state index contributed by atoms with van der Waals surface area (Å²) in [6.45, 7) is -0.282.